The van der Waals surface area contributed by atoms with Gasteiger partial charge in [0.2, 0.25) is 11.8 Å². The first-order valence-electron chi connectivity index (χ1n) is 6.86. The van der Waals surface area contributed by atoms with Gasteiger partial charge in [0.1, 0.15) is 0 Å². The van der Waals surface area contributed by atoms with Gasteiger partial charge < -0.3 is 10.1 Å². The second kappa shape index (κ2) is 8.10. The Bertz CT molecular complexity index is 668. The Kier molecular flexibility index (Phi) is 6.15. The first kappa shape index (κ1) is 16.7. The normalized spacial score (nSPS) is 11.1. The van der Waals surface area contributed by atoms with Gasteiger partial charge in [-0.1, -0.05) is 6.07 Å². The molecule has 4 nitrogen and oxygen atoms in total. The third-order valence-corrected chi connectivity index (χ3v) is 4.23. The van der Waals surface area contributed by atoms with E-state index in [-0.39, 0.29) is 12.0 Å². The van der Waals surface area contributed by atoms with Crippen LogP contribution in [0.1, 0.15) is 24.3 Å². The number of amides is 1. The summed E-state index contributed by atoms with van der Waals surface area (Å²) in [7, 11) is 0. The van der Waals surface area contributed by atoms with Crippen LogP contribution in [0.4, 0.5) is 0 Å². The van der Waals surface area contributed by atoms with Gasteiger partial charge in [-0.2, -0.15) is 0 Å². The number of pyridine rings is 1. The molecule has 0 radical (unpaired) electrons. The molecule has 2 aromatic heterocycles. The van der Waals surface area contributed by atoms with E-state index in [0.717, 1.165) is 14.2 Å². The minimum absolute atomic E-state index is 0.0431. The maximum absolute atomic E-state index is 11.9. The van der Waals surface area contributed by atoms with Crippen molar-refractivity contribution in [1.82, 2.24) is 10.3 Å². The molecule has 0 spiro atoms. The van der Waals surface area contributed by atoms with Crippen LogP contribution in [-0.4, -0.2) is 17.0 Å². The molecule has 0 unspecified atom stereocenters. The molecule has 0 saturated heterocycles. The molecule has 0 aromatic carbocycles. The summed E-state index contributed by atoms with van der Waals surface area (Å²) in [6, 6.07) is 7.63. The summed E-state index contributed by atoms with van der Waals surface area (Å²) in [4.78, 5) is 17.1. The molecule has 116 valence electrons. The Morgan fingerprint density at radius 2 is 2.27 bits per heavy atom. The summed E-state index contributed by atoms with van der Waals surface area (Å²) >= 11 is 4.96. The molecule has 2 heterocycles. The number of thiophene rings is 1. The van der Waals surface area contributed by atoms with Gasteiger partial charge in [0.05, 0.1) is 9.89 Å². The molecule has 0 bridgehead atoms. The molecule has 0 saturated carbocycles. The average Bonchev–Trinajstić information content (AvgIpc) is 2.89. The molecule has 0 aliphatic carbocycles. The third kappa shape index (κ3) is 5.27. The molecule has 1 N–H and O–H groups in total. The van der Waals surface area contributed by atoms with Crippen molar-refractivity contribution in [2.45, 2.75) is 26.5 Å². The Morgan fingerprint density at radius 3 is 2.95 bits per heavy atom. The Morgan fingerprint density at radius 1 is 1.45 bits per heavy atom. The molecule has 0 aliphatic heterocycles. The van der Waals surface area contributed by atoms with E-state index in [1.54, 1.807) is 23.6 Å². The lowest BCUT2D eigenvalue weighted by atomic mass is 10.2. The van der Waals surface area contributed by atoms with Crippen LogP contribution in [-0.2, 0) is 11.3 Å². The fraction of sp³-hybridized carbons (Fsp3) is 0.250. The van der Waals surface area contributed by atoms with Crippen LogP contribution < -0.4 is 10.1 Å². The molecule has 6 heteroatoms. The second-order valence-corrected chi connectivity index (χ2v) is 7.32. The second-order valence-electron chi connectivity index (χ2n) is 4.83. The van der Waals surface area contributed by atoms with E-state index in [1.807, 2.05) is 38.1 Å². The standard InChI is InChI=1S/C16H17BrN2O2S/c1-11(2)21-16-12(4-3-9-18-16)10-19-15(20)8-6-13-5-7-14(17)22-13/h3-9,11H,10H2,1-2H3,(H,19,20)/b8-6+. The van der Waals surface area contributed by atoms with Crippen LogP contribution in [0.2, 0.25) is 0 Å². The van der Waals surface area contributed by atoms with Crippen molar-refractivity contribution in [2.24, 2.45) is 0 Å². The number of hydrogen-bond donors (Lipinski definition) is 1. The number of halogens is 1. The summed E-state index contributed by atoms with van der Waals surface area (Å²) in [5.41, 5.74) is 0.858. The summed E-state index contributed by atoms with van der Waals surface area (Å²) in [5.74, 6) is 0.410. The number of carbonyl (C=O) groups is 1. The Labute approximate surface area is 142 Å². The van der Waals surface area contributed by atoms with E-state index >= 15 is 0 Å². The highest BCUT2D eigenvalue weighted by molar-refractivity contribution is 9.11. The number of aromatic nitrogens is 1. The minimum Gasteiger partial charge on any atom is -0.475 e. The summed E-state index contributed by atoms with van der Waals surface area (Å²) in [6.07, 6.45) is 5.04. The van der Waals surface area contributed by atoms with Crippen LogP contribution >= 0.6 is 27.3 Å². The molecule has 2 rings (SSSR count). The van der Waals surface area contributed by atoms with Gasteiger partial charge in [-0.05, 0) is 54.1 Å². The van der Waals surface area contributed by atoms with Crippen LogP contribution in [0.25, 0.3) is 6.08 Å². The predicted molar refractivity (Wildman–Crippen MR) is 92.9 cm³/mol. The zero-order valence-electron chi connectivity index (χ0n) is 12.4. The first-order valence-corrected chi connectivity index (χ1v) is 8.47. The van der Waals surface area contributed by atoms with Crippen molar-refractivity contribution in [3.8, 4) is 5.88 Å². The quantitative estimate of drug-likeness (QED) is 0.769. The zero-order chi connectivity index (χ0) is 15.9. The highest BCUT2D eigenvalue weighted by atomic mass is 79.9. The molecule has 0 atom stereocenters. The maximum Gasteiger partial charge on any atom is 0.244 e. The fourth-order valence-corrected chi connectivity index (χ4v) is 3.03. The monoisotopic (exact) mass is 380 g/mol. The van der Waals surface area contributed by atoms with E-state index in [1.165, 1.54) is 6.08 Å². The van der Waals surface area contributed by atoms with Crippen LogP contribution in [0.3, 0.4) is 0 Å². The Hall–Kier alpha value is -1.66. The largest absolute Gasteiger partial charge is 0.475 e. The summed E-state index contributed by atoms with van der Waals surface area (Å²) in [6.45, 7) is 4.27. The highest BCUT2D eigenvalue weighted by Gasteiger charge is 2.07. The van der Waals surface area contributed by atoms with Crippen molar-refractivity contribution in [3.63, 3.8) is 0 Å². The van der Waals surface area contributed by atoms with Gasteiger partial charge in [-0.15, -0.1) is 11.3 Å². The van der Waals surface area contributed by atoms with Crippen molar-refractivity contribution >= 4 is 39.2 Å². The lowest BCUT2D eigenvalue weighted by molar-refractivity contribution is -0.116. The van der Waals surface area contributed by atoms with Crippen LogP contribution in [0.5, 0.6) is 5.88 Å². The van der Waals surface area contributed by atoms with Gasteiger partial charge in [0, 0.05) is 29.3 Å². The summed E-state index contributed by atoms with van der Waals surface area (Å²) in [5, 5.41) is 2.84. The van der Waals surface area contributed by atoms with E-state index < -0.39 is 0 Å². The van der Waals surface area contributed by atoms with Gasteiger partial charge >= 0.3 is 0 Å². The topological polar surface area (TPSA) is 51.2 Å². The van der Waals surface area contributed by atoms with Crippen LogP contribution in [0, 0.1) is 0 Å². The van der Waals surface area contributed by atoms with Crippen molar-refractivity contribution in [3.05, 3.63) is 50.8 Å². The lowest BCUT2D eigenvalue weighted by Gasteiger charge is -2.12. The number of carbonyl (C=O) groups excluding carboxylic acids is 1. The van der Waals surface area contributed by atoms with E-state index in [2.05, 4.69) is 26.2 Å². The number of nitrogens with zero attached hydrogens (tertiary/aromatic N) is 1. The number of rotatable bonds is 6. The first-order chi connectivity index (χ1) is 10.5. The molecule has 0 aliphatic rings. The van der Waals surface area contributed by atoms with Gasteiger partial charge in [-0.3, -0.25) is 4.79 Å². The van der Waals surface area contributed by atoms with E-state index in [9.17, 15) is 4.79 Å². The SMILES string of the molecule is CC(C)Oc1ncccc1CNC(=O)/C=C/c1ccc(Br)s1. The average molecular weight is 381 g/mol. The zero-order valence-corrected chi connectivity index (χ0v) is 14.8. The maximum atomic E-state index is 11.9. The molecular weight excluding hydrogens is 364 g/mol. The van der Waals surface area contributed by atoms with E-state index in [4.69, 9.17) is 4.74 Å². The fourth-order valence-electron chi connectivity index (χ4n) is 1.70. The smallest absolute Gasteiger partial charge is 0.244 e. The number of nitrogens with one attached hydrogen (secondary N) is 1. The minimum atomic E-state index is -0.149. The number of hydrogen-bond acceptors (Lipinski definition) is 4. The third-order valence-electron chi connectivity index (χ3n) is 2.64. The molecule has 2 aromatic rings. The van der Waals surface area contributed by atoms with Crippen LogP contribution in [0.15, 0.2) is 40.3 Å². The van der Waals surface area contributed by atoms with Crippen molar-refractivity contribution in [1.29, 1.82) is 0 Å². The Balaban J connectivity index is 1.92. The van der Waals surface area contributed by atoms with Gasteiger partial charge in [0.15, 0.2) is 0 Å². The van der Waals surface area contributed by atoms with Crippen molar-refractivity contribution < 1.29 is 9.53 Å². The summed E-state index contributed by atoms with van der Waals surface area (Å²) < 4.78 is 6.67. The predicted octanol–water partition coefficient (Wildman–Crippen LogP) is 4.02. The van der Waals surface area contributed by atoms with Gasteiger partial charge in [-0.25, -0.2) is 4.98 Å². The van der Waals surface area contributed by atoms with Gasteiger partial charge in [0.25, 0.3) is 0 Å². The molecule has 22 heavy (non-hydrogen) atoms. The highest BCUT2D eigenvalue weighted by Crippen LogP contribution is 2.23. The van der Waals surface area contributed by atoms with Crippen molar-refractivity contribution in [2.75, 3.05) is 0 Å². The molecule has 0 fully saturated rings. The van der Waals surface area contributed by atoms with E-state index in [0.29, 0.717) is 12.4 Å². The molecular formula is C16H17BrN2O2S. The number of ether oxygens (including phenoxy) is 1. The molecule has 1 amide bonds. The lowest BCUT2D eigenvalue weighted by Crippen LogP contribution is -2.21.